The van der Waals surface area contributed by atoms with E-state index in [0.29, 0.717) is 5.69 Å². The Morgan fingerprint density at radius 1 is 1.41 bits per heavy atom. The van der Waals surface area contributed by atoms with Crippen LogP contribution < -0.4 is 11.5 Å². The van der Waals surface area contributed by atoms with Crippen molar-refractivity contribution in [2.45, 2.75) is 11.8 Å². The number of nitrogens with zero attached hydrogens (tertiary/aromatic N) is 1. The van der Waals surface area contributed by atoms with Crippen molar-refractivity contribution in [3.05, 3.63) is 23.8 Å². The lowest BCUT2D eigenvalue weighted by Crippen LogP contribution is -2.35. The molecule has 0 bridgehead atoms. The number of rotatable bonds is 4. The van der Waals surface area contributed by atoms with Gasteiger partial charge in [0.2, 0.25) is 15.9 Å². The molecule has 6 nitrogen and oxygen atoms in total. The quantitative estimate of drug-likeness (QED) is 0.721. The van der Waals surface area contributed by atoms with Crippen LogP contribution >= 0.6 is 0 Å². The molecule has 1 aromatic carbocycles. The molecular weight excluding hydrogens is 242 g/mol. The predicted molar refractivity (Wildman–Crippen MR) is 64.6 cm³/mol. The van der Waals surface area contributed by atoms with Gasteiger partial charge in [-0.2, -0.15) is 4.31 Å². The number of anilines is 1. The number of nitrogen functional groups attached to an aromatic ring is 1. The number of primary amides is 1. The molecule has 0 aliphatic rings. The number of hydrogen-bond donors (Lipinski definition) is 2. The lowest BCUT2D eigenvalue weighted by atomic mass is 10.2. The highest BCUT2D eigenvalue weighted by Crippen LogP contribution is 2.19. The van der Waals surface area contributed by atoms with Crippen molar-refractivity contribution in [1.82, 2.24) is 4.31 Å². The Labute approximate surface area is 100 Å². The molecule has 17 heavy (non-hydrogen) atoms. The number of benzene rings is 1. The molecule has 4 N–H and O–H groups in total. The molecule has 0 spiro atoms. The average molecular weight is 257 g/mol. The largest absolute Gasteiger partial charge is 0.398 e. The van der Waals surface area contributed by atoms with Gasteiger partial charge in [0, 0.05) is 12.7 Å². The maximum absolute atomic E-state index is 12.0. The second-order valence-corrected chi connectivity index (χ2v) is 5.79. The number of amides is 1. The maximum Gasteiger partial charge on any atom is 0.243 e. The summed E-state index contributed by atoms with van der Waals surface area (Å²) in [6, 6.07) is 4.42. The standard InChI is InChI=1S/C10H15N3O3S/c1-7-3-4-8(5-9(7)11)17(15,16)13(2)6-10(12)14/h3-5H,6,11H2,1-2H3,(H2,12,14). The van der Waals surface area contributed by atoms with Crippen LogP contribution in [0.4, 0.5) is 5.69 Å². The van der Waals surface area contributed by atoms with E-state index < -0.39 is 15.9 Å². The van der Waals surface area contributed by atoms with Gasteiger partial charge in [-0.1, -0.05) is 6.07 Å². The van der Waals surface area contributed by atoms with Crippen molar-refractivity contribution in [2.75, 3.05) is 19.3 Å². The third-order valence-corrected chi connectivity index (χ3v) is 4.14. The van der Waals surface area contributed by atoms with Crippen LogP contribution in [-0.4, -0.2) is 32.2 Å². The molecule has 0 radical (unpaired) electrons. The molecule has 0 heterocycles. The van der Waals surface area contributed by atoms with Crippen LogP contribution in [0.5, 0.6) is 0 Å². The summed E-state index contributed by atoms with van der Waals surface area (Å²) in [7, 11) is -2.43. The molecule has 7 heteroatoms. The zero-order chi connectivity index (χ0) is 13.2. The van der Waals surface area contributed by atoms with Crippen LogP contribution in [0.1, 0.15) is 5.56 Å². The first-order valence-corrected chi connectivity index (χ1v) is 6.30. The van der Waals surface area contributed by atoms with Gasteiger partial charge in [0.25, 0.3) is 0 Å². The Kier molecular flexibility index (Phi) is 3.74. The fraction of sp³-hybridized carbons (Fsp3) is 0.300. The summed E-state index contributed by atoms with van der Waals surface area (Å²) in [4.78, 5) is 10.7. The summed E-state index contributed by atoms with van der Waals surface area (Å²) in [5.74, 6) is -0.712. The smallest absolute Gasteiger partial charge is 0.243 e. The average Bonchev–Trinajstić information content (AvgIpc) is 2.20. The lowest BCUT2D eigenvalue weighted by Gasteiger charge is -2.15. The molecular formula is C10H15N3O3S. The van der Waals surface area contributed by atoms with Crippen molar-refractivity contribution in [3.63, 3.8) is 0 Å². The topological polar surface area (TPSA) is 106 Å². The van der Waals surface area contributed by atoms with E-state index in [-0.39, 0.29) is 11.4 Å². The summed E-state index contributed by atoms with van der Waals surface area (Å²) < 4.78 is 24.9. The third kappa shape index (κ3) is 2.95. The number of hydrogen-bond acceptors (Lipinski definition) is 4. The Morgan fingerprint density at radius 3 is 2.47 bits per heavy atom. The highest BCUT2D eigenvalue weighted by atomic mass is 32.2. The zero-order valence-electron chi connectivity index (χ0n) is 9.67. The van der Waals surface area contributed by atoms with Crippen LogP contribution in [0.2, 0.25) is 0 Å². The fourth-order valence-electron chi connectivity index (χ4n) is 1.26. The van der Waals surface area contributed by atoms with Crippen molar-refractivity contribution in [3.8, 4) is 0 Å². The van der Waals surface area contributed by atoms with E-state index in [0.717, 1.165) is 9.87 Å². The summed E-state index contributed by atoms with van der Waals surface area (Å²) in [5, 5.41) is 0. The normalized spacial score (nSPS) is 11.7. The Hall–Kier alpha value is -1.60. The van der Waals surface area contributed by atoms with E-state index in [2.05, 4.69) is 0 Å². The number of aryl methyl sites for hydroxylation is 1. The van der Waals surface area contributed by atoms with Crippen LogP contribution in [0.3, 0.4) is 0 Å². The summed E-state index contributed by atoms with van der Waals surface area (Å²) in [6.45, 7) is 1.41. The van der Waals surface area contributed by atoms with Gasteiger partial charge < -0.3 is 11.5 Å². The van der Waals surface area contributed by atoms with E-state index in [1.807, 2.05) is 0 Å². The molecule has 0 aromatic heterocycles. The van der Waals surface area contributed by atoms with Gasteiger partial charge in [0.15, 0.2) is 0 Å². The molecule has 0 aliphatic heterocycles. The lowest BCUT2D eigenvalue weighted by molar-refractivity contribution is -0.118. The second-order valence-electron chi connectivity index (χ2n) is 3.75. The first kappa shape index (κ1) is 13.5. The minimum atomic E-state index is -3.72. The minimum Gasteiger partial charge on any atom is -0.398 e. The monoisotopic (exact) mass is 257 g/mol. The van der Waals surface area contributed by atoms with E-state index in [1.54, 1.807) is 13.0 Å². The van der Waals surface area contributed by atoms with Gasteiger partial charge >= 0.3 is 0 Å². The van der Waals surface area contributed by atoms with Gasteiger partial charge in [-0.25, -0.2) is 8.42 Å². The number of likely N-dealkylation sites (N-methyl/N-ethyl adjacent to an activating group) is 1. The van der Waals surface area contributed by atoms with Crippen molar-refractivity contribution in [1.29, 1.82) is 0 Å². The van der Waals surface area contributed by atoms with Gasteiger partial charge in [0.1, 0.15) is 0 Å². The SMILES string of the molecule is Cc1ccc(S(=O)(=O)N(C)CC(N)=O)cc1N. The number of nitrogens with two attached hydrogens (primary N) is 2. The number of carbonyl (C=O) groups is 1. The fourth-order valence-corrected chi connectivity index (χ4v) is 2.44. The third-order valence-electron chi connectivity index (χ3n) is 2.34. The first-order chi connectivity index (χ1) is 7.75. The van der Waals surface area contributed by atoms with E-state index in [4.69, 9.17) is 11.5 Å². The minimum absolute atomic E-state index is 0.0457. The van der Waals surface area contributed by atoms with Crippen LogP contribution in [0, 0.1) is 6.92 Å². The van der Waals surface area contributed by atoms with Gasteiger partial charge in [-0.3, -0.25) is 4.79 Å². The zero-order valence-corrected chi connectivity index (χ0v) is 10.5. The molecule has 0 unspecified atom stereocenters. The first-order valence-electron chi connectivity index (χ1n) is 4.86. The van der Waals surface area contributed by atoms with E-state index in [1.165, 1.54) is 19.2 Å². The Balaban J connectivity index is 3.13. The molecule has 0 atom stereocenters. The molecule has 1 aromatic rings. The van der Waals surface area contributed by atoms with Crippen LogP contribution in [0.25, 0.3) is 0 Å². The maximum atomic E-state index is 12.0. The summed E-state index contributed by atoms with van der Waals surface area (Å²) in [5.41, 5.74) is 11.8. The number of sulfonamides is 1. The second kappa shape index (κ2) is 4.72. The Bertz CT molecular complexity index is 540. The van der Waals surface area contributed by atoms with E-state index >= 15 is 0 Å². The highest BCUT2D eigenvalue weighted by Gasteiger charge is 2.22. The highest BCUT2D eigenvalue weighted by molar-refractivity contribution is 7.89. The Morgan fingerprint density at radius 2 is 2.00 bits per heavy atom. The summed E-state index contributed by atoms with van der Waals surface area (Å²) in [6.07, 6.45) is 0. The van der Waals surface area contributed by atoms with E-state index in [9.17, 15) is 13.2 Å². The predicted octanol–water partition coefficient (Wildman–Crippen LogP) is -0.317. The van der Waals surface area contributed by atoms with Crippen molar-refractivity contribution < 1.29 is 13.2 Å². The van der Waals surface area contributed by atoms with Crippen LogP contribution in [-0.2, 0) is 14.8 Å². The van der Waals surface area contributed by atoms with Gasteiger partial charge in [-0.05, 0) is 24.6 Å². The molecule has 0 aliphatic carbocycles. The summed E-state index contributed by atoms with van der Waals surface area (Å²) >= 11 is 0. The number of carbonyl (C=O) groups excluding carboxylic acids is 1. The molecule has 0 saturated heterocycles. The van der Waals surface area contributed by atoms with Crippen molar-refractivity contribution >= 4 is 21.6 Å². The molecule has 1 rings (SSSR count). The molecule has 94 valence electrons. The van der Waals surface area contributed by atoms with Gasteiger partial charge in [0.05, 0.1) is 11.4 Å². The van der Waals surface area contributed by atoms with Crippen LogP contribution in [0.15, 0.2) is 23.1 Å². The molecule has 1 amide bonds. The van der Waals surface area contributed by atoms with Gasteiger partial charge in [-0.15, -0.1) is 0 Å². The molecule has 0 fully saturated rings. The van der Waals surface area contributed by atoms with Crippen molar-refractivity contribution in [2.24, 2.45) is 5.73 Å². The molecule has 0 saturated carbocycles.